The molecule has 0 spiro atoms. The van der Waals surface area contributed by atoms with Crippen LogP contribution in [-0.2, 0) is 26.2 Å². The maximum atomic E-state index is 14.1. The van der Waals surface area contributed by atoms with E-state index in [9.17, 15) is 18.0 Å². The number of carbonyl (C=O) groups is 2. The zero-order chi connectivity index (χ0) is 29.1. The topological polar surface area (TPSA) is 96.0 Å². The molecule has 0 saturated carbocycles. The van der Waals surface area contributed by atoms with E-state index in [1.165, 1.54) is 17.0 Å². The second kappa shape index (κ2) is 14.9. The minimum absolute atomic E-state index is 0.0637. The van der Waals surface area contributed by atoms with Gasteiger partial charge in [0, 0.05) is 17.6 Å². The molecule has 8 nitrogen and oxygen atoms in total. The lowest BCUT2D eigenvalue weighted by molar-refractivity contribution is -0.140. The summed E-state index contributed by atoms with van der Waals surface area (Å²) in [5.41, 5.74) is 1.12. The fourth-order valence-corrected chi connectivity index (χ4v) is 6.05. The molecule has 1 N–H and O–H groups in total. The molecule has 0 aliphatic rings. The van der Waals surface area contributed by atoms with Gasteiger partial charge in [0.05, 0.1) is 17.7 Å². The molecular weight excluding hydrogens is 594 g/mol. The maximum Gasteiger partial charge on any atom is 0.264 e. The Morgan fingerprint density at radius 3 is 2.27 bits per heavy atom. The van der Waals surface area contributed by atoms with Gasteiger partial charge in [-0.15, -0.1) is 0 Å². The Kier molecular flexibility index (Phi) is 11.6. The van der Waals surface area contributed by atoms with Crippen LogP contribution in [0.25, 0.3) is 0 Å². The lowest BCUT2D eigenvalue weighted by atomic mass is 10.1. The fraction of sp³-hybridized carbons (Fsp3) is 0.333. The predicted octanol–water partition coefficient (Wildman–Crippen LogP) is 5.38. The number of rotatable bonds is 14. The van der Waals surface area contributed by atoms with Crippen LogP contribution in [0.5, 0.6) is 5.75 Å². The summed E-state index contributed by atoms with van der Waals surface area (Å²) in [6.07, 6.45) is 2.10. The number of ether oxygens (including phenoxy) is 1. The monoisotopic (exact) mass is 629 g/mol. The van der Waals surface area contributed by atoms with E-state index in [4.69, 9.17) is 4.74 Å². The molecule has 40 heavy (non-hydrogen) atoms. The Balaban J connectivity index is 2.02. The van der Waals surface area contributed by atoms with Gasteiger partial charge in [-0.1, -0.05) is 72.6 Å². The first-order chi connectivity index (χ1) is 19.2. The van der Waals surface area contributed by atoms with E-state index < -0.39 is 28.5 Å². The molecule has 1 unspecified atom stereocenters. The molecule has 0 aliphatic carbocycles. The van der Waals surface area contributed by atoms with Crippen molar-refractivity contribution in [2.45, 2.75) is 50.6 Å². The number of amides is 2. The third kappa shape index (κ3) is 8.08. The van der Waals surface area contributed by atoms with Crippen molar-refractivity contribution in [1.82, 2.24) is 10.2 Å². The molecule has 1 atom stereocenters. The quantitative estimate of drug-likeness (QED) is 0.242. The van der Waals surface area contributed by atoms with Crippen LogP contribution in [0.15, 0.2) is 88.2 Å². The standard InChI is InChI=1S/C30H36BrN3O5S/c1-4-6-19-32-30(36)28(5-2)33(21-23-15-17-26(39-3)18-16-23)29(35)22-34(25-12-10-11-24(31)20-25)40(37,38)27-13-8-7-9-14-27/h7-18,20,28H,4-6,19,21-22H2,1-3H3,(H,32,36). The highest BCUT2D eigenvalue weighted by Crippen LogP contribution is 2.27. The summed E-state index contributed by atoms with van der Waals surface area (Å²) in [6, 6.07) is 21.2. The summed E-state index contributed by atoms with van der Waals surface area (Å²) in [7, 11) is -2.53. The van der Waals surface area contributed by atoms with Crippen LogP contribution in [-0.4, -0.2) is 51.4 Å². The molecular formula is C30H36BrN3O5S. The third-order valence-corrected chi connectivity index (χ3v) is 8.72. The highest BCUT2D eigenvalue weighted by molar-refractivity contribution is 9.10. The molecule has 0 saturated heterocycles. The third-order valence-electron chi connectivity index (χ3n) is 6.43. The molecule has 3 rings (SSSR count). The number of hydrogen-bond acceptors (Lipinski definition) is 5. The van der Waals surface area contributed by atoms with Gasteiger partial charge in [-0.3, -0.25) is 13.9 Å². The highest BCUT2D eigenvalue weighted by Gasteiger charge is 2.33. The Hall–Kier alpha value is -3.37. The van der Waals surface area contributed by atoms with Gasteiger partial charge < -0.3 is 15.0 Å². The Morgan fingerprint density at radius 2 is 1.68 bits per heavy atom. The number of carbonyl (C=O) groups excluding carboxylic acids is 2. The smallest absolute Gasteiger partial charge is 0.264 e. The fourth-order valence-electron chi connectivity index (χ4n) is 4.23. The molecule has 0 bridgehead atoms. The van der Waals surface area contributed by atoms with Gasteiger partial charge in [-0.05, 0) is 60.9 Å². The Morgan fingerprint density at radius 1 is 0.975 bits per heavy atom. The van der Waals surface area contributed by atoms with Crippen molar-refractivity contribution in [3.05, 3.63) is 88.9 Å². The molecule has 0 aliphatic heterocycles. The van der Waals surface area contributed by atoms with Crippen LogP contribution in [0, 0.1) is 0 Å². The first kappa shape index (κ1) is 31.2. The first-order valence-electron chi connectivity index (χ1n) is 13.2. The lowest BCUT2D eigenvalue weighted by Crippen LogP contribution is -2.52. The molecule has 3 aromatic rings. The van der Waals surface area contributed by atoms with Crippen molar-refractivity contribution in [1.29, 1.82) is 0 Å². The summed E-state index contributed by atoms with van der Waals surface area (Å²) in [5.74, 6) is -0.0914. The molecule has 0 radical (unpaired) electrons. The van der Waals surface area contributed by atoms with Crippen molar-refractivity contribution in [3.63, 3.8) is 0 Å². The SMILES string of the molecule is CCCCNC(=O)C(CC)N(Cc1ccc(OC)cc1)C(=O)CN(c1cccc(Br)c1)S(=O)(=O)c1ccccc1. The average molecular weight is 631 g/mol. The summed E-state index contributed by atoms with van der Waals surface area (Å²) in [6.45, 7) is 4.02. The van der Waals surface area contributed by atoms with Crippen molar-refractivity contribution in [3.8, 4) is 5.75 Å². The number of nitrogens with one attached hydrogen (secondary N) is 1. The molecule has 0 aromatic heterocycles. The second-order valence-corrected chi connectivity index (χ2v) is 12.0. The summed E-state index contributed by atoms with van der Waals surface area (Å²) >= 11 is 3.41. The Labute approximate surface area is 245 Å². The van der Waals surface area contributed by atoms with Crippen molar-refractivity contribution in [2.75, 3.05) is 24.5 Å². The zero-order valence-corrected chi connectivity index (χ0v) is 25.4. The van der Waals surface area contributed by atoms with Crippen LogP contribution in [0.1, 0.15) is 38.7 Å². The minimum atomic E-state index is -4.10. The average Bonchev–Trinajstić information content (AvgIpc) is 2.96. The largest absolute Gasteiger partial charge is 0.497 e. The van der Waals surface area contributed by atoms with E-state index in [0.29, 0.717) is 28.9 Å². The van der Waals surface area contributed by atoms with Gasteiger partial charge in [0.25, 0.3) is 10.0 Å². The first-order valence-corrected chi connectivity index (χ1v) is 15.5. The molecule has 3 aromatic carbocycles. The van der Waals surface area contributed by atoms with Gasteiger partial charge in [0.1, 0.15) is 18.3 Å². The lowest BCUT2D eigenvalue weighted by Gasteiger charge is -2.33. The van der Waals surface area contributed by atoms with E-state index in [1.807, 2.05) is 26.0 Å². The molecule has 214 valence electrons. The van der Waals surface area contributed by atoms with Gasteiger partial charge in [0.15, 0.2) is 0 Å². The van der Waals surface area contributed by atoms with E-state index in [2.05, 4.69) is 21.2 Å². The number of sulfonamides is 1. The second-order valence-electron chi connectivity index (χ2n) is 9.24. The van der Waals surface area contributed by atoms with Crippen LogP contribution in [0.2, 0.25) is 0 Å². The number of benzene rings is 3. The minimum Gasteiger partial charge on any atom is -0.497 e. The van der Waals surface area contributed by atoms with Crippen molar-refractivity contribution < 1.29 is 22.7 Å². The van der Waals surface area contributed by atoms with Gasteiger partial charge in [-0.25, -0.2) is 8.42 Å². The van der Waals surface area contributed by atoms with E-state index in [-0.39, 0.29) is 17.3 Å². The van der Waals surface area contributed by atoms with Gasteiger partial charge in [0.2, 0.25) is 11.8 Å². The van der Waals surface area contributed by atoms with Crippen LogP contribution in [0.3, 0.4) is 0 Å². The summed E-state index contributed by atoms with van der Waals surface area (Å²) < 4.78 is 34.7. The molecule has 10 heteroatoms. The normalized spacial score (nSPS) is 11.9. The molecule has 2 amide bonds. The number of methoxy groups -OCH3 is 1. The maximum absolute atomic E-state index is 14.1. The summed E-state index contributed by atoms with van der Waals surface area (Å²) in [5, 5.41) is 2.93. The van der Waals surface area contributed by atoms with Gasteiger partial charge in [-0.2, -0.15) is 0 Å². The highest BCUT2D eigenvalue weighted by atomic mass is 79.9. The van der Waals surface area contributed by atoms with E-state index in [0.717, 1.165) is 22.7 Å². The Bertz CT molecular complexity index is 1370. The van der Waals surface area contributed by atoms with Crippen molar-refractivity contribution >= 4 is 43.5 Å². The number of anilines is 1. The number of nitrogens with zero attached hydrogens (tertiary/aromatic N) is 2. The van der Waals surface area contributed by atoms with Crippen molar-refractivity contribution in [2.24, 2.45) is 0 Å². The number of halogens is 1. The summed E-state index contributed by atoms with van der Waals surface area (Å²) in [4.78, 5) is 28.8. The van der Waals surface area contributed by atoms with Crippen LogP contribution < -0.4 is 14.4 Å². The number of hydrogen-bond donors (Lipinski definition) is 1. The van der Waals surface area contributed by atoms with Gasteiger partial charge >= 0.3 is 0 Å². The number of unbranched alkanes of at least 4 members (excludes halogenated alkanes) is 1. The zero-order valence-electron chi connectivity index (χ0n) is 23.0. The van der Waals surface area contributed by atoms with Crippen LogP contribution >= 0.6 is 15.9 Å². The van der Waals surface area contributed by atoms with E-state index >= 15 is 0 Å². The molecule has 0 fully saturated rings. The predicted molar refractivity (Wildman–Crippen MR) is 161 cm³/mol. The van der Waals surface area contributed by atoms with E-state index in [1.54, 1.807) is 61.7 Å². The van der Waals surface area contributed by atoms with Crippen LogP contribution in [0.4, 0.5) is 5.69 Å². The molecule has 0 heterocycles.